The van der Waals surface area contributed by atoms with Gasteiger partial charge in [-0.3, -0.25) is 4.31 Å². The van der Waals surface area contributed by atoms with E-state index < -0.39 is 31.3 Å². The van der Waals surface area contributed by atoms with Gasteiger partial charge in [0.05, 0.1) is 7.82 Å². The predicted octanol–water partition coefficient (Wildman–Crippen LogP) is -7.83. The van der Waals surface area contributed by atoms with Crippen molar-refractivity contribution in [2.24, 2.45) is 0 Å². The van der Waals surface area contributed by atoms with Gasteiger partial charge in [-0.05, 0) is 0 Å². The fraction of sp³-hybridized carbons (Fsp3) is 0. The first-order valence-corrected chi connectivity index (χ1v) is 8.97. The topological polar surface area (TPSA) is 223 Å². The first kappa shape index (κ1) is 27.1. The van der Waals surface area contributed by atoms with Gasteiger partial charge in [0.25, 0.3) is 0 Å². The number of phosphoric acid groups is 4. The molecule has 0 spiro atoms. The fourth-order valence-electron chi connectivity index (χ4n) is 0.421. The Morgan fingerprint density at radius 1 is 0.737 bits per heavy atom. The molecule has 0 rings (SSSR count). The van der Waals surface area contributed by atoms with E-state index in [0.717, 1.165) is 0 Å². The summed E-state index contributed by atoms with van der Waals surface area (Å²) >= 11 is 0. The van der Waals surface area contributed by atoms with Crippen LogP contribution < -0.4 is 90.7 Å². The Labute approximate surface area is 170 Å². The molecule has 104 valence electrons. The van der Waals surface area contributed by atoms with Crippen molar-refractivity contribution in [1.82, 2.24) is 0 Å². The number of hydrogen-bond donors (Lipinski definition) is 4. The van der Waals surface area contributed by atoms with Crippen molar-refractivity contribution in [3.8, 4) is 0 Å². The molecule has 0 fully saturated rings. The molecule has 0 radical (unpaired) electrons. The van der Waals surface area contributed by atoms with E-state index in [2.05, 4.69) is 12.9 Å². The van der Waals surface area contributed by atoms with E-state index in [1.165, 1.54) is 0 Å². The molecule has 0 aliphatic carbocycles. The first-order valence-electron chi connectivity index (χ1n) is 2.99. The van der Waals surface area contributed by atoms with Crippen molar-refractivity contribution in [3.63, 3.8) is 0 Å². The summed E-state index contributed by atoms with van der Waals surface area (Å²) in [7, 11) is -23.3. The van der Waals surface area contributed by atoms with Crippen LogP contribution in [0, 0.1) is 0 Å². The largest absolute Gasteiger partial charge is 1.00 e. The average Bonchev–Trinajstić information content (AvgIpc) is 1.65. The van der Waals surface area contributed by atoms with E-state index in [1.807, 2.05) is 0 Å². The maximum Gasteiger partial charge on any atom is 1.00 e. The summed E-state index contributed by atoms with van der Waals surface area (Å²) in [4.78, 5) is 52.9. The van der Waals surface area contributed by atoms with Gasteiger partial charge < -0.3 is 33.9 Å². The van der Waals surface area contributed by atoms with Crippen LogP contribution in [0.25, 0.3) is 0 Å². The van der Waals surface area contributed by atoms with Gasteiger partial charge >= 0.3 is 104 Å². The van der Waals surface area contributed by atoms with E-state index in [-0.39, 0.29) is 80.9 Å². The molecule has 0 saturated heterocycles. The maximum absolute atomic E-state index is 10.6. The Bertz CT molecular complexity index is 413. The number of rotatable bonds is 6. The van der Waals surface area contributed by atoms with Crippen molar-refractivity contribution >= 4 is 31.3 Å². The quantitative estimate of drug-likeness (QED) is 0.241. The van der Waals surface area contributed by atoms with Gasteiger partial charge in [0.15, 0.2) is 0 Å². The van der Waals surface area contributed by atoms with Gasteiger partial charge in [-0.25, -0.2) is 13.7 Å². The second-order valence-electron chi connectivity index (χ2n) is 2.12. The zero-order valence-electron chi connectivity index (χ0n) is 9.25. The Balaban J connectivity index is -0.00000128. The molecule has 0 bridgehead atoms. The van der Waals surface area contributed by atoms with Crippen molar-refractivity contribution in [1.29, 1.82) is 0 Å². The van der Waals surface area contributed by atoms with Gasteiger partial charge in [-0.1, -0.05) is 0 Å². The van der Waals surface area contributed by atoms with Crippen molar-refractivity contribution in [3.05, 3.63) is 0 Å². The third kappa shape index (κ3) is 17.4. The predicted molar refractivity (Wildman–Crippen MR) is 42.6 cm³/mol. The van der Waals surface area contributed by atoms with E-state index in [1.54, 1.807) is 0 Å². The molecule has 0 saturated carbocycles. The zero-order chi connectivity index (χ0) is 14.1. The summed E-state index contributed by atoms with van der Waals surface area (Å²) in [6.07, 6.45) is 0. The Kier molecular flexibility index (Phi) is 13.5. The summed E-state index contributed by atoms with van der Waals surface area (Å²) in [6, 6.07) is 0. The number of hydrogen-bond acceptors (Lipinski definition) is 9. The Morgan fingerprint density at radius 2 is 1.05 bits per heavy atom. The van der Waals surface area contributed by atoms with Crippen LogP contribution in [0.3, 0.4) is 0 Å². The van der Waals surface area contributed by atoms with Crippen molar-refractivity contribution < 1.29 is 141 Å². The average molecular weight is 398 g/mol. The molecular weight excluding hydrogens is 394 g/mol. The molecule has 13 nitrogen and oxygen atoms in total. The van der Waals surface area contributed by atoms with E-state index in [9.17, 15) is 28.0 Å². The minimum atomic E-state index is -6.04. The van der Waals surface area contributed by atoms with Gasteiger partial charge in [0.1, 0.15) is 0 Å². The molecule has 0 aromatic rings. The standard InChI is InChI=1S/K.Na.H6O13P4/c;;1-14(2,3)11-16(7,8)13-17(9,10)12-15(4,5)6/h;;(H,7,8)(H,9,10)(H2,1,2,3)(H2,4,5,6)/q2*+1;/p-2. The SMILES string of the molecule is O=P([O-])([O-])OP(=O)(O)OP(=O)(O)OP(=O)(O)O.[K+].[Na+]. The molecular formula is H4KNaO13P4. The molecule has 0 heterocycles. The van der Waals surface area contributed by atoms with Gasteiger partial charge in [0, 0.05) is 0 Å². The summed E-state index contributed by atoms with van der Waals surface area (Å²) in [5.41, 5.74) is 0. The van der Waals surface area contributed by atoms with Crippen LogP contribution >= 0.6 is 31.3 Å². The minimum Gasteiger partial charge on any atom is -0.789 e. The van der Waals surface area contributed by atoms with Gasteiger partial charge in [0.2, 0.25) is 0 Å². The van der Waals surface area contributed by atoms with Gasteiger partial charge in [-0.15, -0.1) is 0 Å². The molecule has 0 aromatic heterocycles. The molecule has 0 aliphatic rings. The van der Waals surface area contributed by atoms with Crippen LogP contribution in [0.15, 0.2) is 0 Å². The second-order valence-corrected chi connectivity index (χ2v) is 7.83. The summed E-state index contributed by atoms with van der Waals surface area (Å²) in [5.74, 6) is 0. The molecule has 0 aromatic carbocycles. The van der Waals surface area contributed by atoms with Crippen LogP contribution in [-0.2, 0) is 31.2 Å². The molecule has 2 unspecified atom stereocenters. The Hall–Kier alpha value is 3.20. The zero-order valence-corrected chi connectivity index (χ0v) is 18.0. The smallest absolute Gasteiger partial charge is 0.789 e. The van der Waals surface area contributed by atoms with E-state index >= 15 is 0 Å². The van der Waals surface area contributed by atoms with Crippen LogP contribution in [0.2, 0.25) is 0 Å². The van der Waals surface area contributed by atoms with Gasteiger partial charge in [-0.2, -0.15) is 8.62 Å². The van der Waals surface area contributed by atoms with Crippen LogP contribution in [-0.4, -0.2) is 19.6 Å². The second kappa shape index (κ2) is 9.48. The first-order chi connectivity index (χ1) is 7.12. The maximum atomic E-state index is 10.6. The summed E-state index contributed by atoms with van der Waals surface area (Å²) in [6.45, 7) is 0. The monoisotopic (exact) mass is 398 g/mol. The summed E-state index contributed by atoms with van der Waals surface area (Å²) < 4.78 is 50.2. The summed E-state index contributed by atoms with van der Waals surface area (Å²) in [5, 5.41) is 0. The van der Waals surface area contributed by atoms with Crippen LogP contribution in [0.4, 0.5) is 0 Å². The molecule has 0 aliphatic heterocycles. The van der Waals surface area contributed by atoms with Crippen LogP contribution in [0.5, 0.6) is 0 Å². The normalized spacial score (nSPS) is 18.4. The molecule has 4 N–H and O–H groups in total. The minimum absolute atomic E-state index is 0. The fourth-order valence-corrected chi connectivity index (χ4v) is 4.33. The van der Waals surface area contributed by atoms with Crippen molar-refractivity contribution in [2.75, 3.05) is 0 Å². The molecule has 0 amide bonds. The third-order valence-corrected chi connectivity index (χ3v) is 5.57. The molecule has 2 atom stereocenters. The van der Waals surface area contributed by atoms with Crippen molar-refractivity contribution in [2.45, 2.75) is 0 Å². The van der Waals surface area contributed by atoms with Crippen LogP contribution in [0.1, 0.15) is 0 Å². The van der Waals surface area contributed by atoms with E-state index in [4.69, 9.17) is 19.6 Å². The molecule has 19 heteroatoms. The third-order valence-electron chi connectivity index (χ3n) is 0.619. The molecule has 19 heavy (non-hydrogen) atoms. The van der Waals surface area contributed by atoms with E-state index in [0.29, 0.717) is 0 Å². The Morgan fingerprint density at radius 3 is 1.32 bits per heavy atom.